The van der Waals surface area contributed by atoms with Gasteiger partial charge in [-0.05, 0) is 40.8 Å². The first-order valence-corrected chi connectivity index (χ1v) is 12.6. The van der Waals surface area contributed by atoms with Gasteiger partial charge in [0.1, 0.15) is 18.4 Å². The van der Waals surface area contributed by atoms with Crippen LogP contribution in [0.4, 0.5) is 0 Å². The molecule has 1 radical (unpaired) electrons. The second-order valence-corrected chi connectivity index (χ2v) is 9.17. The highest BCUT2D eigenvalue weighted by Gasteiger charge is 2.22. The lowest BCUT2D eigenvalue weighted by Crippen LogP contribution is -2.48. The lowest BCUT2D eigenvalue weighted by molar-refractivity contribution is -0.128. The van der Waals surface area contributed by atoms with Crippen molar-refractivity contribution in [3.05, 3.63) is 108 Å². The fraction of sp³-hybridized carbons (Fsp3) is 0.267. The van der Waals surface area contributed by atoms with Gasteiger partial charge in [0, 0.05) is 25.4 Å². The number of hydrogen-bond donors (Lipinski definition) is 4. The van der Waals surface area contributed by atoms with Gasteiger partial charge in [-0.25, -0.2) is 0 Å². The molecule has 0 aliphatic carbocycles. The van der Waals surface area contributed by atoms with Crippen LogP contribution in [-0.4, -0.2) is 23.8 Å². The van der Waals surface area contributed by atoms with Crippen molar-refractivity contribution in [3.63, 3.8) is 0 Å². The molecule has 2 unspecified atom stereocenters. The SMILES string of the molecule is CC(C[CH]C(=O)NC(Cc1ccc(OCc2ccccc2)cc1)C(=O)NCc1ccc(CN)cc1)C(N)=O. The van der Waals surface area contributed by atoms with Crippen LogP contribution in [0.3, 0.4) is 0 Å². The van der Waals surface area contributed by atoms with Crippen LogP contribution in [0.5, 0.6) is 5.75 Å². The number of primary amides is 1. The van der Waals surface area contributed by atoms with Crippen LogP contribution >= 0.6 is 0 Å². The monoisotopic (exact) mass is 515 g/mol. The first-order chi connectivity index (χ1) is 18.3. The number of ether oxygens (including phenoxy) is 1. The summed E-state index contributed by atoms with van der Waals surface area (Å²) in [7, 11) is 0. The Labute approximate surface area is 223 Å². The predicted octanol–water partition coefficient (Wildman–Crippen LogP) is 2.78. The molecule has 0 saturated heterocycles. The number of carbonyl (C=O) groups is 3. The van der Waals surface area contributed by atoms with Gasteiger partial charge in [-0.3, -0.25) is 14.4 Å². The molecular weight excluding hydrogens is 480 g/mol. The minimum absolute atomic E-state index is 0.191. The third kappa shape index (κ3) is 9.37. The third-order valence-corrected chi connectivity index (χ3v) is 6.11. The van der Waals surface area contributed by atoms with E-state index in [2.05, 4.69) is 10.6 Å². The van der Waals surface area contributed by atoms with Crippen LogP contribution in [0.1, 0.15) is 35.6 Å². The molecule has 3 amide bonds. The van der Waals surface area contributed by atoms with E-state index in [1.807, 2.05) is 78.9 Å². The molecule has 0 aliphatic rings. The number of nitrogens with two attached hydrogens (primary N) is 2. The molecule has 6 N–H and O–H groups in total. The Kier molecular flexibility index (Phi) is 10.9. The summed E-state index contributed by atoms with van der Waals surface area (Å²) in [5.41, 5.74) is 14.8. The van der Waals surface area contributed by atoms with Gasteiger partial charge in [-0.1, -0.05) is 73.7 Å². The van der Waals surface area contributed by atoms with Crippen LogP contribution < -0.4 is 26.8 Å². The van der Waals surface area contributed by atoms with E-state index < -0.39 is 23.8 Å². The number of carbonyl (C=O) groups excluding carboxylic acids is 3. The zero-order valence-corrected chi connectivity index (χ0v) is 21.6. The first kappa shape index (κ1) is 28.4. The lowest BCUT2D eigenvalue weighted by Gasteiger charge is -2.19. The summed E-state index contributed by atoms with van der Waals surface area (Å²) in [5.74, 6) is -1.01. The van der Waals surface area contributed by atoms with Crippen molar-refractivity contribution in [2.75, 3.05) is 0 Å². The van der Waals surface area contributed by atoms with E-state index in [1.54, 1.807) is 6.92 Å². The Morgan fingerprint density at radius 2 is 1.50 bits per heavy atom. The van der Waals surface area contributed by atoms with Gasteiger partial charge >= 0.3 is 0 Å². The fourth-order valence-corrected chi connectivity index (χ4v) is 3.64. The highest BCUT2D eigenvalue weighted by atomic mass is 16.5. The van der Waals surface area contributed by atoms with E-state index in [9.17, 15) is 14.4 Å². The molecule has 0 aromatic heterocycles. The van der Waals surface area contributed by atoms with Crippen molar-refractivity contribution < 1.29 is 19.1 Å². The normalized spacial score (nSPS) is 12.3. The largest absolute Gasteiger partial charge is 0.489 e. The summed E-state index contributed by atoms with van der Waals surface area (Å²) >= 11 is 0. The molecule has 38 heavy (non-hydrogen) atoms. The van der Waals surface area contributed by atoms with E-state index in [0.29, 0.717) is 25.4 Å². The Morgan fingerprint density at radius 3 is 2.13 bits per heavy atom. The van der Waals surface area contributed by atoms with Crippen molar-refractivity contribution in [3.8, 4) is 5.75 Å². The molecule has 0 bridgehead atoms. The maximum atomic E-state index is 13.1. The van der Waals surface area contributed by atoms with Gasteiger partial charge < -0.3 is 26.8 Å². The van der Waals surface area contributed by atoms with Gasteiger partial charge in [-0.2, -0.15) is 0 Å². The lowest BCUT2D eigenvalue weighted by atomic mass is 10.0. The Morgan fingerprint density at radius 1 is 0.868 bits per heavy atom. The molecule has 0 saturated carbocycles. The minimum atomic E-state index is -0.818. The van der Waals surface area contributed by atoms with Gasteiger partial charge in [-0.15, -0.1) is 0 Å². The Hall–Kier alpha value is -4.17. The highest BCUT2D eigenvalue weighted by molar-refractivity contribution is 5.91. The van der Waals surface area contributed by atoms with Crippen molar-refractivity contribution in [1.29, 1.82) is 0 Å². The molecule has 8 nitrogen and oxygen atoms in total. The molecule has 8 heteroatoms. The highest BCUT2D eigenvalue weighted by Crippen LogP contribution is 2.16. The van der Waals surface area contributed by atoms with Crippen LogP contribution in [0.15, 0.2) is 78.9 Å². The molecule has 3 aromatic carbocycles. The van der Waals surface area contributed by atoms with Gasteiger partial charge in [0.15, 0.2) is 0 Å². The molecule has 0 fully saturated rings. The molecule has 199 valence electrons. The Bertz CT molecular complexity index is 1180. The van der Waals surface area contributed by atoms with E-state index >= 15 is 0 Å². The van der Waals surface area contributed by atoms with E-state index in [0.717, 1.165) is 22.3 Å². The van der Waals surface area contributed by atoms with Crippen molar-refractivity contribution in [2.24, 2.45) is 17.4 Å². The topological polar surface area (TPSA) is 137 Å². The van der Waals surface area contributed by atoms with Crippen LogP contribution in [0.2, 0.25) is 0 Å². The number of rotatable bonds is 14. The summed E-state index contributed by atoms with van der Waals surface area (Å²) in [4.78, 5) is 36.9. The second-order valence-electron chi connectivity index (χ2n) is 9.17. The predicted molar refractivity (Wildman–Crippen MR) is 146 cm³/mol. The van der Waals surface area contributed by atoms with E-state index in [4.69, 9.17) is 16.2 Å². The van der Waals surface area contributed by atoms with Gasteiger partial charge in [0.25, 0.3) is 0 Å². The summed E-state index contributed by atoms with van der Waals surface area (Å²) in [6, 6.07) is 24.1. The maximum Gasteiger partial charge on any atom is 0.243 e. The Balaban J connectivity index is 1.62. The number of hydrogen-bond acceptors (Lipinski definition) is 5. The smallest absolute Gasteiger partial charge is 0.243 e. The molecule has 0 heterocycles. The van der Waals surface area contributed by atoms with Crippen LogP contribution in [-0.2, 0) is 40.5 Å². The van der Waals surface area contributed by atoms with Crippen molar-refractivity contribution in [2.45, 2.75) is 45.5 Å². The molecule has 0 spiro atoms. The number of nitrogens with one attached hydrogen (secondary N) is 2. The quantitative estimate of drug-likeness (QED) is 0.262. The second kappa shape index (κ2) is 14.5. The molecule has 3 aromatic rings. The molecule has 0 aliphatic heterocycles. The number of benzene rings is 3. The van der Waals surface area contributed by atoms with Crippen LogP contribution in [0.25, 0.3) is 0 Å². The zero-order valence-electron chi connectivity index (χ0n) is 21.6. The van der Waals surface area contributed by atoms with Crippen LogP contribution in [0, 0.1) is 12.3 Å². The zero-order chi connectivity index (χ0) is 27.3. The van der Waals surface area contributed by atoms with Gasteiger partial charge in [0.2, 0.25) is 17.7 Å². The molecular formula is C30H35N4O4. The third-order valence-electron chi connectivity index (χ3n) is 6.11. The maximum absolute atomic E-state index is 13.1. The molecule has 3 rings (SSSR count). The average molecular weight is 516 g/mol. The van der Waals surface area contributed by atoms with Crippen molar-refractivity contribution >= 4 is 17.7 Å². The fourth-order valence-electron chi connectivity index (χ4n) is 3.64. The minimum Gasteiger partial charge on any atom is -0.489 e. The summed E-state index contributed by atoms with van der Waals surface area (Å²) in [6.07, 6.45) is 1.82. The van der Waals surface area contributed by atoms with E-state index in [1.165, 1.54) is 6.42 Å². The van der Waals surface area contributed by atoms with Gasteiger partial charge in [0.05, 0.1) is 6.42 Å². The van der Waals surface area contributed by atoms with E-state index in [-0.39, 0.29) is 18.7 Å². The summed E-state index contributed by atoms with van der Waals surface area (Å²) in [5, 5.41) is 5.67. The standard InChI is InChI=1S/C30H35N4O4/c1-21(29(32)36)7-16-28(35)34-27(30(37)33-19-24-10-8-23(18-31)9-11-24)17-22-12-14-26(15-13-22)38-20-25-5-3-2-4-6-25/h2-6,8-16,21,27H,7,17-20,31H2,1H3,(H2,32,36)(H,33,37)(H,34,35). The average Bonchev–Trinajstić information content (AvgIpc) is 2.94. The molecule has 2 atom stereocenters. The first-order valence-electron chi connectivity index (χ1n) is 12.6. The summed E-state index contributed by atoms with van der Waals surface area (Å²) in [6.45, 7) is 2.85. The number of amides is 3. The summed E-state index contributed by atoms with van der Waals surface area (Å²) < 4.78 is 5.84. The van der Waals surface area contributed by atoms with Crippen molar-refractivity contribution in [1.82, 2.24) is 10.6 Å².